The van der Waals surface area contributed by atoms with Crippen LogP contribution in [0.3, 0.4) is 0 Å². The number of carboxylic acid groups (broad SMARTS) is 1. The number of carboxylic acids is 1. The molecule has 0 radical (unpaired) electrons. The summed E-state index contributed by atoms with van der Waals surface area (Å²) in [5, 5.41) is 11.2. The number of rotatable bonds is 9. The fourth-order valence-corrected chi connectivity index (χ4v) is 2.61. The Morgan fingerprint density at radius 2 is 2.04 bits per heavy atom. The number of aromatic nitrogens is 2. The van der Waals surface area contributed by atoms with E-state index < -0.39 is 11.9 Å². The van der Waals surface area contributed by atoms with E-state index in [1.165, 1.54) is 0 Å². The smallest absolute Gasteiger partial charge is 0.328 e. The molecule has 2 rings (SSSR count). The lowest BCUT2D eigenvalue weighted by molar-refractivity contribution is -0.131. The highest BCUT2D eigenvalue weighted by Crippen LogP contribution is 2.17. The van der Waals surface area contributed by atoms with Crippen molar-refractivity contribution in [2.24, 2.45) is 0 Å². The second-order valence-electron chi connectivity index (χ2n) is 6.04. The predicted molar refractivity (Wildman–Crippen MR) is 96.4 cm³/mol. The number of aryl methyl sites for hydroxylation is 1. The van der Waals surface area contributed by atoms with Gasteiger partial charge in [0.15, 0.2) is 0 Å². The minimum absolute atomic E-state index is 0.403. The Morgan fingerprint density at radius 1 is 1.28 bits per heavy atom. The first-order valence-corrected chi connectivity index (χ1v) is 8.25. The summed E-state index contributed by atoms with van der Waals surface area (Å²) in [5.41, 5.74) is 2.04. The van der Waals surface area contributed by atoms with Gasteiger partial charge in [0.2, 0.25) is 5.91 Å². The van der Waals surface area contributed by atoms with Crippen LogP contribution < -0.4 is 5.32 Å². The highest BCUT2D eigenvalue weighted by atomic mass is 16.4. The molecule has 0 spiro atoms. The average Bonchev–Trinajstić information content (AvgIpc) is 2.90. The summed E-state index contributed by atoms with van der Waals surface area (Å²) in [6.45, 7) is 2.25. The molecule has 25 heavy (non-hydrogen) atoms. The molecule has 0 bridgehead atoms. The number of hydrogen-bond donors (Lipinski definition) is 2. The highest BCUT2D eigenvalue weighted by molar-refractivity contribution is 5.93. The molecule has 1 aromatic carbocycles. The number of nitrogens with one attached hydrogen (secondary N) is 1. The van der Waals surface area contributed by atoms with Gasteiger partial charge in [-0.25, -0.2) is 9.78 Å². The molecular formula is C18H24N4O3. The zero-order valence-corrected chi connectivity index (χ0v) is 14.6. The molecule has 0 unspecified atom stereocenters. The lowest BCUT2D eigenvalue weighted by Crippen LogP contribution is -2.25. The van der Waals surface area contributed by atoms with E-state index in [0.29, 0.717) is 13.0 Å². The molecule has 134 valence electrons. The van der Waals surface area contributed by atoms with E-state index in [4.69, 9.17) is 5.11 Å². The molecule has 0 fully saturated rings. The summed E-state index contributed by atoms with van der Waals surface area (Å²) in [7, 11) is 4.10. The number of amides is 1. The molecule has 0 saturated carbocycles. The number of nitrogens with zero attached hydrogens (tertiary/aromatic N) is 3. The third kappa shape index (κ3) is 5.72. The Labute approximate surface area is 147 Å². The minimum Gasteiger partial charge on any atom is -0.478 e. The molecule has 1 heterocycles. The number of para-hydroxylation sites is 2. The summed E-state index contributed by atoms with van der Waals surface area (Å²) >= 11 is 0. The Morgan fingerprint density at radius 3 is 2.76 bits per heavy atom. The maximum atomic E-state index is 11.5. The average molecular weight is 344 g/mol. The van der Waals surface area contributed by atoms with Crippen LogP contribution >= 0.6 is 0 Å². The monoisotopic (exact) mass is 344 g/mol. The van der Waals surface area contributed by atoms with Gasteiger partial charge < -0.3 is 19.9 Å². The number of carbonyl (C=O) groups is 2. The standard InChI is InChI=1S/C18H24N4O3/c1-21(2)12-5-13-22-15-7-4-3-6-14(15)20-16(22)10-11-19-17(23)8-9-18(24)25/h3-4,6-9H,5,10-13H2,1-2H3,(H,19,23)(H,24,25)/b9-8+. The zero-order chi connectivity index (χ0) is 18.2. The number of carbonyl (C=O) groups excluding carboxylic acids is 1. The van der Waals surface area contributed by atoms with E-state index in [-0.39, 0.29) is 0 Å². The van der Waals surface area contributed by atoms with Crippen molar-refractivity contribution in [3.8, 4) is 0 Å². The predicted octanol–water partition coefficient (Wildman–Crippen LogP) is 1.29. The van der Waals surface area contributed by atoms with E-state index in [1.54, 1.807) is 0 Å². The molecule has 2 aromatic rings. The maximum absolute atomic E-state index is 11.5. The first kappa shape index (κ1) is 18.7. The highest BCUT2D eigenvalue weighted by Gasteiger charge is 2.10. The van der Waals surface area contributed by atoms with Crippen LogP contribution in [0.1, 0.15) is 12.2 Å². The van der Waals surface area contributed by atoms with Crippen LogP contribution in [-0.4, -0.2) is 58.6 Å². The number of fused-ring (bicyclic) bond motifs is 1. The summed E-state index contributed by atoms with van der Waals surface area (Å²) in [4.78, 5) is 28.8. The second-order valence-corrected chi connectivity index (χ2v) is 6.04. The van der Waals surface area contributed by atoms with Crippen LogP contribution in [0.5, 0.6) is 0 Å². The van der Waals surface area contributed by atoms with E-state index in [1.807, 2.05) is 32.3 Å². The van der Waals surface area contributed by atoms with Gasteiger partial charge >= 0.3 is 5.97 Å². The number of benzene rings is 1. The van der Waals surface area contributed by atoms with E-state index >= 15 is 0 Å². The van der Waals surface area contributed by atoms with Gasteiger partial charge in [0.05, 0.1) is 11.0 Å². The minimum atomic E-state index is -1.14. The quantitative estimate of drug-likeness (QED) is 0.669. The maximum Gasteiger partial charge on any atom is 0.328 e. The lowest BCUT2D eigenvalue weighted by Gasteiger charge is -2.12. The molecule has 1 aromatic heterocycles. The van der Waals surface area contributed by atoms with Crippen molar-refractivity contribution in [2.45, 2.75) is 19.4 Å². The number of hydrogen-bond acceptors (Lipinski definition) is 4. The molecular weight excluding hydrogens is 320 g/mol. The van der Waals surface area contributed by atoms with Crippen molar-refractivity contribution >= 4 is 22.9 Å². The summed E-state index contributed by atoms with van der Waals surface area (Å²) in [5.74, 6) is -0.641. The van der Waals surface area contributed by atoms with Crippen molar-refractivity contribution in [1.29, 1.82) is 0 Å². The van der Waals surface area contributed by atoms with Crippen LogP contribution in [0.15, 0.2) is 36.4 Å². The van der Waals surface area contributed by atoms with Crippen LogP contribution in [0.2, 0.25) is 0 Å². The number of aliphatic carboxylic acids is 1. The molecule has 0 aliphatic heterocycles. The van der Waals surface area contributed by atoms with Crippen molar-refractivity contribution in [2.75, 3.05) is 27.2 Å². The van der Waals surface area contributed by atoms with Gasteiger partial charge in [0.25, 0.3) is 0 Å². The summed E-state index contributed by atoms with van der Waals surface area (Å²) < 4.78 is 2.19. The van der Waals surface area contributed by atoms with Crippen molar-refractivity contribution < 1.29 is 14.7 Å². The van der Waals surface area contributed by atoms with Crippen LogP contribution in [0.25, 0.3) is 11.0 Å². The van der Waals surface area contributed by atoms with Gasteiger partial charge in [-0.15, -0.1) is 0 Å². The molecule has 0 saturated heterocycles. The van der Waals surface area contributed by atoms with Gasteiger partial charge in [-0.2, -0.15) is 0 Å². The van der Waals surface area contributed by atoms with Gasteiger partial charge in [0, 0.05) is 31.7 Å². The van der Waals surface area contributed by atoms with Gasteiger partial charge in [-0.05, 0) is 39.2 Å². The Balaban J connectivity index is 2.03. The van der Waals surface area contributed by atoms with E-state index in [2.05, 4.69) is 25.8 Å². The van der Waals surface area contributed by atoms with E-state index in [0.717, 1.165) is 48.5 Å². The normalized spacial score (nSPS) is 11.5. The summed E-state index contributed by atoms with van der Waals surface area (Å²) in [6, 6.07) is 7.99. The SMILES string of the molecule is CN(C)CCCn1c(CCNC(=O)/C=C/C(=O)O)nc2ccccc21. The first-order valence-electron chi connectivity index (χ1n) is 8.25. The molecule has 7 heteroatoms. The molecule has 7 nitrogen and oxygen atoms in total. The van der Waals surface area contributed by atoms with Crippen molar-refractivity contribution in [1.82, 2.24) is 19.8 Å². The van der Waals surface area contributed by atoms with Crippen molar-refractivity contribution in [3.63, 3.8) is 0 Å². The third-order valence-corrected chi connectivity index (χ3v) is 3.75. The molecule has 2 N–H and O–H groups in total. The Bertz CT molecular complexity index is 765. The zero-order valence-electron chi connectivity index (χ0n) is 14.6. The number of imidazole rings is 1. The third-order valence-electron chi connectivity index (χ3n) is 3.75. The molecule has 0 aliphatic rings. The van der Waals surface area contributed by atoms with Crippen LogP contribution in [-0.2, 0) is 22.6 Å². The topological polar surface area (TPSA) is 87.5 Å². The Kier molecular flexibility index (Phi) is 6.71. The fraction of sp³-hybridized carbons (Fsp3) is 0.389. The van der Waals surface area contributed by atoms with E-state index in [9.17, 15) is 9.59 Å². The molecule has 0 atom stereocenters. The summed E-state index contributed by atoms with van der Waals surface area (Å²) in [6.07, 6.45) is 3.44. The molecule has 1 amide bonds. The second kappa shape index (κ2) is 8.98. The fourth-order valence-electron chi connectivity index (χ4n) is 2.61. The van der Waals surface area contributed by atoms with Crippen LogP contribution in [0.4, 0.5) is 0 Å². The lowest BCUT2D eigenvalue weighted by atomic mass is 10.3. The largest absolute Gasteiger partial charge is 0.478 e. The van der Waals surface area contributed by atoms with Crippen LogP contribution in [0, 0.1) is 0 Å². The Hall–Kier alpha value is -2.67. The van der Waals surface area contributed by atoms with Gasteiger partial charge in [0.1, 0.15) is 5.82 Å². The first-order chi connectivity index (χ1) is 12.0. The van der Waals surface area contributed by atoms with Crippen molar-refractivity contribution in [3.05, 3.63) is 42.2 Å². The molecule has 0 aliphatic carbocycles. The van der Waals surface area contributed by atoms with Gasteiger partial charge in [-0.1, -0.05) is 12.1 Å². The van der Waals surface area contributed by atoms with Gasteiger partial charge in [-0.3, -0.25) is 4.79 Å².